The number of halogens is 3. The van der Waals surface area contributed by atoms with Gasteiger partial charge < -0.3 is 4.74 Å². The first kappa shape index (κ1) is 13.0. The van der Waals surface area contributed by atoms with Gasteiger partial charge in [-0.25, -0.2) is 0 Å². The quantitative estimate of drug-likeness (QED) is 0.507. The average molecular weight is 379 g/mol. The smallest absolute Gasteiger partial charge is 0.133 e. The summed E-state index contributed by atoms with van der Waals surface area (Å²) in [5.41, 5.74) is 0.815. The summed E-state index contributed by atoms with van der Waals surface area (Å²) in [4.78, 5) is 0. The van der Waals surface area contributed by atoms with Gasteiger partial charge in [-0.1, -0.05) is 23.7 Å². The van der Waals surface area contributed by atoms with Crippen LogP contribution in [0.15, 0.2) is 42.5 Å². The number of alkyl halides is 1. The van der Waals surface area contributed by atoms with E-state index in [1.807, 2.05) is 36.4 Å². The molecule has 2 aromatic carbocycles. The Morgan fingerprint density at radius 3 is 2.59 bits per heavy atom. The number of benzene rings is 2. The molecule has 0 saturated heterocycles. The fraction of sp³-hybridized carbons (Fsp3) is 0.0769. The van der Waals surface area contributed by atoms with Crippen molar-refractivity contribution in [1.29, 1.82) is 0 Å². The van der Waals surface area contributed by atoms with Crippen molar-refractivity contribution >= 4 is 45.8 Å². The van der Waals surface area contributed by atoms with Crippen LogP contribution in [0.4, 0.5) is 0 Å². The van der Waals surface area contributed by atoms with Gasteiger partial charge in [-0.15, -0.1) is 11.6 Å². The van der Waals surface area contributed by atoms with Crippen LogP contribution in [0.25, 0.3) is 0 Å². The molecule has 17 heavy (non-hydrogen) atoms. The summed E-state index contributed by atoms with van der Waals surface area (Å²) in [6.45, 7) is 0. The molecular weight excluding hydrogens is 370 g/mol. The van der Waals surface area contributed by atoms with Crippen molar-refractivity contribution < 1.29 is 4.74 Å². The standard InChI is InChI=1S/C13H9Cl2IO/c14-8-11-12(15)5-2-6-13(11)17-10-4-1-3-9(16)7-10/h1-7H,8H2. The van der Waals surface area contributed by atoms with Crippen LogP contribution < -0.4 is 4.74 Å². The van der Waals surface area contributed by atoms with Crippen LogP contribution in [0.1, 0.15) is 5.56 Å². The topological polar surface area (TPSA) is 9.23 Å². The van der Waals surface area contributed by atoms with E-state index in [1.165, 1.54) is 0 Å². The van der Waals surface area contributed by atoms with E-state index in [4.69, 9.17) is 27.9 Å². The zero-order valence-corrected chi connectivity index (χ0v) is 12.5. The minimum atomic E-state index is 0.332. The molecule has 0 bridgehead atoms. The molecule has 1 nitrogen and oxygen atoms in total. The van der Waals surface area contributed by atoms with Crippen molar-refractivity contribution in [2.45, 2.75) is 5.88 Å². The number of hydrogen-bond acceptors (Lipinski definition) is 1. The first-order chi connectivity index (χ1) is 8.20. The minimum absolute atomic E-state index is 0.332. The maximum atomic E-state index is 6.06. The lowest BCUT2D eigenvalue weighted by Gasteiger charge is -2.10. The lowest BCUT2D eigenvalue weighted by Crippen LogP contribution is -1.90. The van der Waals surface area contributed by atoms with E-state index in [2.05, 4.69) is 22.6 Å². The van der Waals surface area contributed by atoms with Crippen LogP contribution in [-0.2, 0) is 5.88 Å². The van der Waals surface area contributed by atoms with E-state index in [-0.39, 0.29) is 0 Å². The molecule has 0 fully saturated rings. The SMILES string of the molecule is ClCc1c(Cl)cccc1Oc1cccc(I)c1. The lowest BCUT2D eigenvalue weighted by molar-refractivity contribution is 0.478. The molecule has 2 rings (SSSR count). The first-order valence-electron chi connectivity index (χ1n) is 4.97. The molecule has 0 amide bonds. The van der Waals surface area contributed by atoms with Crippen LogP contribution >= 0.6 is 45.8 Å². The number of rotatable bonds is 3. The van der Waals surface area contributed by atoms with E-state index >= 15 is 0 Å². The summed E-state index contributed by atoms with van der Waals surface area (Å²) in [5.74, 6) is 1.82. The molecular formula is C13H9Cl2IO. The zero-order valence-electron chi connectivity index (χ0n) is 8.79. The van der Waals surface area contributed by atoms with Gasteiger partial charge in [-0.3, -0.25) is 0 Å². The highest BCUT2D eigenvalue weighted by Gasteiger charge is 2.08. The van der Waals surface area contributed by atoms with Crippen LogP contribution in [0, 0.1) is 3.57 Å². The lowest BCUT2D eigenvalue weighted by atomic mass is 10.2. The van der Waals surface area contributed by atoms with Gasteiger partial charge in [0.1, 0.15) is 11.5 Å². The highest BCUT2D eigenvalue weighted by Crippen LogP contribution is 2.31. The Labute approximate surface area is 124 Å². The Morgan fingerprint density at radius 1 is 1.12 bits per heavy atom. The average Bonchev–Trinajstić information content (AvgIpc) is 2.29. The highest BCUT2D eigenvalue weighted by molar-refractivity contribution is 14.1. The number of hydrogen-bond donors (Lipinski definition) is 0. The molecule has 0 atom stereocenters. The molecule has 0 radical (unpaired) electrons. The summed E-state index contributed by atoms with van der Waals surface area (Å²) < 4.78 is 6.91. The molecule has 0 N–H and O–H groups in total. The Morgan fingerprint density at radius 2 is 1.88 bits per heavy atom. The van der Waals surface area contributed by atoms with Crippen LogP contribution in [-0.4, -0.2) is 0 Å². The van der Waals surface area contributed by atoms with Crippen molar-refractivity contribution in [3.8, 4) is 11.5 Å². The summed E-state index contributed by atoms with van der Waals surface area (Å²) in [5, 5.41) is 0.628. The Hall–Kier alpha value is -0.450. The Balaban J connectivity index is 2.33. The van der Waals surface area contributed by atoms with Gasteiger partial charge in [0.05, 0.1) is 5.88 Å². The zero-order chi connectivity index (χ0) is 12.3. The van der Waals surface area contributed by atoms with Gasteiger partial charge in [0.15, 0.2) is 0 Å². The summed E-state index contributed by atoms with van der Waals surface area (Å²) in [7, 11) is 0. The molecule has 88 valence electrons. The van der Waals surface area contributed by atoms with Crippen LogP contribution in [0.2, 0.25) is 5.02 Å². The van der Waals surface area contributed by atoms with Crippen LogP contribution in [0.3, 0.4) is 0 Å². The largest absolute Gasteiger partial charge is 0.457 e. The van der Waals surface area contributed by atoms with E-state index in [0.717, 1.165) is 14.9 Å². The predicted molar refractivity (Wildman–Crippen MR) is 80.2 cm³/mol. The monoisotopic (exact) mass is 378 g/mol. The summed E-state index contributed by atoms with van der Waals surface area (Å²) in [6.07, 6.45) is 0. The predicted octanol–water partition coefficient (Wildman–Crippen LogP) is 5.48. The van der Waals surface area contributed by atoms with Crippen molar-refractivity contribution in [1.82, 2.24) is 0 Å². The Kier molecular flexibility index (Phi) is 4.54. The molecule has 4 heteroatoms. The van der Waals surface area contributed by atoms with Gasteiger partial charge in [0.2, 0.25) is 0 Å². The van der Waals surface area contributed by atoms with Gasteiger partial charge in [0.25, 0.3) is 0 Å². The normalized spacial score (nSPS) is 10.3. The second-order valence-electron chi connectivity index (χ2n) is 3.41. The third kappa shape index (κ3) is 3.27. The number of ether oxygens (including phenoxy) is 1. The van der Waals surface area contributed by atoms with Crippen molar-refractivity contribution in [2.75, 3.05) is 0 Å². The second kappa shape index (κ2) is 5.94. The first-order valence-corrected chi connectivity index (χ1v) is 6.96. The molecule has 0 aromatic heterocycles. The molecule has 0 saturated carbocycles. The van der Waals surface area contributed by atoms with Gasteiger partial charge in [-0.05, 0) is 52.9 Å². The molecule has 0 aliphatic carbocycles. The van der Waals surface area contributed by atoms with Crippen LogP contribution in [0.5, 0.6) is 11.5 Å². The maximum Gasteiger partial charge on any atom is 0.133 e. The third-order valence-corrected chi connectivity index (χ3v) is 3.53. The minimum Gasteiger partial charge on any atom is -0.457 e. The molecule has 0 spiro atoms. The van der Waals surface area contributed by atoms with E-state index in [9.17, 15) is 0 Å². The van der Waals surface area contributed by atoms with Gasteiger partial charge >= 0.3 is 0 Å². The second-order valence-corrected chi connectivity index (χ2v) is 5.33. The molecule has 0 aliphatic heterocycles. The van der Waals surface area contributed by atoms with Gasteiger partial charge in [-0.2, -0.15) is 0 Å². The molecule has 2 aromatic rings. The van der Waals surface area contributed by atoms with E-state index < -0.39 is 0 Å². The summed E-state index contributed by atoms with van der Waals surface area (Å²) >= 11 is 14.2. The fourth-order valence-corrected chi connectivity index (χ4v) is 2.51. The van der Waals surface area contributed by atoms with E-state index in [1.54, 1.807) is 6.07 Å². The van der Waals surface area contributed by atoms with E-state index in [0.29, 0.717) is 16.7 Å². The molecule has 0 heterocycles. The Bertz CT molecular complexity index is 529. The highest BCUT2D eigenvalue weighted by atomic mass is 127. The maximum absolute atomic E-state index is 6.06. The molecule has 0 aliphatic rings. The summed E-state index contributed by atoms with van der Waals surface area (Å²) in [6, 6.07) is 13.3. The van der Waals surface area contributed by atoms with Gasteiger partial charge in [0, 0.05) is 14.2 Å². The fourth-order valence-electron chi connectivity index (χ4n) is 1.42. The van der Waals surface area contributed by atoms with Crippen molar-refractivity contribution in [2.24, 2.45) is 0 Å². The molecule has 0 unspecified atom stereocenters. The van der Waals surface area contributed by atoms with Crippen molar-refractivity contribution in [3.63, 3.8) is 0 Å². The third-order valence-electron chi connectivity index (χ3n) is 2.23. The van der Waals surface area contributed by atoms with Crippen molar-refractivity contribution in [3.05, 3.63) is 56.6 Å².